The van der Waals surface area contributed by atoms with Crippen LogP contribution < -0.4 is 20.1 Å². The van der Waals surface area contributed by atoms with E-state index in [0.29, 0.717) is 36.0 Å². The molecule has 2 N–H and O–H groups in total. The summed E-state index contributed by atoms with van der Waals surface area (Å²) in [5.74, 6) is -0.203. The number of carbonyl (C=O) groups is 2. The third-order valence-corrected chi connectivity index (χ3v) is 6.21. The molecule has 38 heavy (non-hydrogen) atoms. The van der Waals surface area contributed by atoms with Crippen LogP contribution in [0.1, 0.15) is 13.8 Å². The van der Waals surface area contributed by atoms with Crippen LogP contribution in [0, 0.1) is 0 Å². The first-order valence-electron chi connectivity index (χ1n) is 12.2. The molecular weight excluding hydrogens is 527 g/mol. The van der Waals surface area contributed by atoms with Gasteiger partial charge >= 0.3 is 0 Å². The molecule has 10 heteroatoms. The molecule has 2 aromatic rings. The second kappa shape index (κ2) is 13.2. The van der Waals surface area contributed by atoms with Crippen molar-refractivity contribution in [2.45, 2.75) is 26.1 Å². The summed E-state index contributed by atoms with van der Waals surface area (Å²) in [6.45, 7) is 5.27. The molecule has 1 aliphatic rings. The summed E-state index contributed by atoms with van der Waals surface area (Å²) in [6, 6.07) is 14.2. The predicted octanol–water partition coefficient (Wildman–Crippen LogP) is 4.92. The minimum atomic E-state index is -0.616. The number of Topliss-reactive ketones (excluding diaryl/α,β-unsaturated/α-hetero) is 2. The fourth-order valence-electron chi connectivity index (χ4n) is 4.02. The maximum absolute atomic E-state index is 13.3. The lowest BCUT2D eigenvalue weighted by atomic mass is 10.0. The normalized spacial score (nSPS) is 15.7. The molecule has 204 valence electrons. The number of ether oxygens (including phenoxy) is 2. The average molecular weight is 562 g/mol. The van der Waals surface area contributed by atoms with Crippen molar-refractivity contribution in [2.75, 3.05) is 51.9 Å². The van der Waals surface area contributed by atoms with E-state index in [1.165, 1.54) is 0 Å². The van der Waals surface area contributed by atoms with Crippen molar-refractivity contribution >= 4 is 46.1 Å². The first-order chi connectivity index (χ1) is 18.0. The number of carbonyl (C=O) groups excluding carboxylic acids is 2. The molecule has 0 amide bonds. The first kappa shape index (κ1) is 29.5. The second-order valence-electron chi connectivity index (χ2n) is 9.66. The van der Waals surface area contributed by atoms with Gasteiger partial charge in [-0.05, 0) is 66.3 Å². The SMILES string of the molecule is C[C@H](CN(C)C)Oc1ccccc1NC1=C(Cl)C(=O)C(Nc2ccccc2O[C@H](C)CN(C)C)=C(Cl)C1=O. The molecule has 0 fully saturated rings. The fraction of sp³-hybridized carbons (Fsp3) is 0.357. The van der Waals surface area contributed by atoms with Gasteiger partial charge in [0.2, 0.25) is 11.6 Å². The number of hydrogen-bond donors (Lipinski definition) is 2. The average Bonchev–Trinajstić information content (AvgIpc) is 2.84. The van der Waals surface area contributed by atoms with E-state index in [1.54, 1.807) is 36.4 Å². The van der Waals surface area contributed by atoms with E-state index in [1.807, 2.05) is 64.0 Å². The van der Waals surface area contributed by atoms with E-state index in [9.17, 15) is 9.59 Å². The zero-order valence-corrected chi connectivity index (χ0v) is 24.0. The van der Waals surface area contributed by atoms with Crippen LogP contribution in [0.15, 0.2) is 70.0 Å². The molecule has 0 unspecified atom stereocenters. The highest BCUT2D eigenvalue weighted by molar-refractivity contribution is 6.56. The fourth-order valence-corrected chi connectivity index (χ4v) is 4.48. The first-order valence-corrected chi connectivity index (χ1v) is 13.0. The van der Waals surface area contributed by atoms with Gasteiger partial charge in [0.05, 0.1) is 11.4 Å². The highest BCUT2D eigenvalue weighted by Gasteiger charge is 2.34. The lowest BCUT2D eigenvalue weighted by molar-refractivity contribution is -0.115. The molecule has 3 rings (SSSR count). The monoisotopic (exact) mass is 560 g/mol. The number of nitrogens with one attached hydrogen (secondary N) is 2. The van der Waals surface area contributed by atoms with Crippen molar-refractivity contribution in [3.05, 3.63) is 70.0 Å². The zero-order chi connectivity index (χ0) is 28.0. The second-order valence-corrected chi connectivity index (χ2v) is 10.4. The van der Waals surface area contributed by atoms with E-state index in [-0.39, 0.29) is 33.7 Å². The molecular formula is C28H34Cl2N4O4. The van der Waals surface area contributed by atoms with Crippen LogP contribution in [0.4, 0.5) is 11.4 Å². The minimum Gasteiger partial charge on any atom is -0.487 e. The molecule has 2 aromatic carbocycles. The Balaban J connectivity index is 1.84. The number of hydrogen-bond acceptors (Lipinski definition) is 8. The van der Waals surface area contributed by atoms with E-state index in [4.69, 9.17) is 32.7 Å². The molecule has 0 bridgehead atoms. The summed E-state index contributed by atoms with van der Waals surface area (Å²) in [5.41, 5.74) is 0.740. The number of benzene rings is 2. The molecule has 0 radical (unpaired) electrons. The maximum atomic E-state index is 13.3. The lowest BCUT2D eigenvalue weighted by Gasteiger charge is -2.24. The Kier molecular flexibility index (Phi) is 10.2. The minimum absolute atomic E-state index is 0.118. The summed E-state index contributed by atoms with van der Waals surface area (Å²) < 4.78 is 12.1. The molecule has 8 nitrogen and oxygen atoms in total. The van der Waals surface area contributed by atoms with Crippen molar-refractivity contribution in [3.63, 3.8) is 0 Å². The largest absolute Gasteiger partial charge is 0.487 e. The van der Waals surface area contributed by atoms with E-state index in [0.717, 1.165) is 0 Å². The van der Waals surface area contributed by atoms with Gasteiger partial charge in [-0.1, -0.05) is 47.5 Å². The Morgan fingerprint density at radius 2 is 1.03 bits per heavy atom. The van der Waals surface area contributed by atoms with Gasteiger partial charge in [0.15, 0.2) is 0 Å². The Morgan fingerprint density at radius 3 is 1.37 bits per heavy atom. The van der Waals surface area contributed by atoms with Crippen LogP contribution in [0.2, 0.25) is 0 Å². The molecule has 0 aromatic heterocycles. The van der Waals surface area contributed by atoms with Crippen molar-refractivity contribution in [1.82, 2.24) is 9.80 Å². The smallest absolute Gasteiger partial charge is 0.224 e. The van der Waals surface area contributed by atoms with Crippen LogP contribution in [0.5, 0.6) is 11.5 Å². The molecule has 0 aliphatic heterocycles. The predicted molar refractivity (Wildman–Crippen MR) is 153 cm³/mol. The lowest BCUT2D eigenvalue weighted by Crippen LogP contribution is -2.29. The molecule has 0 heterocycles. The van der Waals surface area contributed by atoms with Gasteiger partial charge in [0.25, 0.3) is 0 Å². The van der Waals surface area contributed by atoms with Crippen molar-refractivity contribution < 1.29 is 19.1 Å². The van der Waals surface area contributed by atoms with Gasteiger partial charge in [-0.15, -0.1) is 0 Å². The number of nitrogens with zero attached hydrogens (tertiary/aromatic N) is 2. The standard InChI is InChI=1S/C28H34Cl2N4O4/c1-17(15-33(3)4)37-21-13-9-7-11-19(21)31-25-23(29)28(36)26(24(30)27(25)35)32-20-12-8-10-14-22(20)38-18(2)16-34(5)6/h7-14,17-18,31-32H,15-16H2,1-6H3/t17-,18-/m1/s1. The third-order valence-electron chi connectivity index (χ3n) is 5.49. The van der Waals surface area contributed by atoms with Crippen LogP contribution >= 0.6 is 23.2 Å². The summed E-state index contributed by atoms with van der Waals surface area (Å²) in [4.78, 5) is 30.6. The number of anilines is 2. The molecule has 0 spiro atoms. The number of likely N-dealkylation sites (N-methyl/N-ethyl adjacent to an activating group) is 2. The highest BCUT2D eigenvalue weighted by Crippen LogP contribution is 2.35. The van der Waals surface area contributed by atoms with E-state index < -0.39 is 11.6 Å². The molecule has 2 atom stereocenters. The Bertz CT molecular complexity index is 1150. The number of allylic oxidation sites excluding steroid dienone is 2. The number of rotatable bonds is 12. The van der Waals surface area contributed by atoms with Crippen LogP contribution in [-0.4, -0.2) is 74.9 Å². The van der Waals surface area contributed by atoms with Crippen LogP contribution in [-0.2, 0) is 9.59 Å². The number of ketones is 2. The van der Waals surface area contributed by atoms with Crippen molar-refractivity contribution in [1.29, 1.82) is 0 Å². The Hall–Kier alpha value is -3.04. The topological polar surface area (TPSA) is 83.1 Å². The number of halogens is 2. The van der Waals surface area contributed by atoms with Gasteiger partial charge in [-0.3, -0.25) is 9.59 Å². The molecule has 1 aliphatic carbocycles. The zero-order valence-electron chi connectivity index (χ0n) is 22.5. The summed E-state index contributed by atoms with van der Waals surface area (Å²) >= 11 is 12.9. The van der Waals surface area contributed by atoms with Crippen molar-refractivity contribution in [3.8, 4) is 11.5 Å². The summed E-state index contributed by atoms with van der Waals surface area (Å²) in [7, 11) is 7.82. The van der Waals surface area contributed by atoms with E-state index in [2.05, 4.69) is 10.6 Å². The third kappa shape index (κ3) is 7.51. The van der Waals surface area contributed by atoms with Crippen molar-refractivity contribution in [2.24, 2.45) is 0 Å². The summed E-state index contributed by atoms with van der Waals surface area (Å²) in [6.07, 6.45) is -0.244. The quantitative estimate of drug-likeness (QED) is 0.354. The molecule has 0 saturated carbocycles. The van der Waals surface area contributed by atoms with Gasteiger partial charge in [0, 0.05) is 13.1 Å². The van der Waals surface area contributed by atoms with Gasteiger partial charge < -0.3 is 29.9 Å². The van der Waals surface area contributed by atoms with E-state index >= 15 is 0 Å². The van der Waals surface area contributed by atoms with Gasteiger partial charge in [-0.25, -0.2) is 0 Å². The Labute approximate surface area is 234 Å². The van der Waals surface area contributed by atoms with Crippen LogP contribution in [0.25, 0.3) is 0 Å². The maximum Gasteiger partial charge on any atom is 0.224 e. The number of para-hydroxylation sites is 4. The summed E-state index contributed by atoms with van der Waals surface area (Å²) in [5, 5.41) is 5.38. The van der Waals surface area contributed by atoms with Gasteiger partial charge in [-0.2, -0.15) is 0 Å². The van der Waals surface area contributed by atoms with Gasteiger partial charge in [0.1, 0.15) is 45.2 Å². The molecule has 0 saturated heterocycles. The Morgan fingerprint density at radius 1 is 0.684 bits per heavy atom. The van der Waals surface area contributed by atoms with Crippen LogP contribution in [0.3, 0.4) is 0 Å². The highest BCUT2D eigenvalue weighted by atomic mass is 35.5.